The molecule has 0 bridgehead atoms. The Kier molecular flexibility index (Phi) is 4.76. The molecule has 3 atom stereocenters. The number of hydrogen-bond acceptors (Lipinski definition) is 4. The number of carbonyl (C=O) groups excluding carboxylic acids is 1. The molecule has 0 aromatic carbocycles. The minimum Gasteiger partial charge on any atom is -0.479 e. The van der Waals surface area contributed by atoms with Crippen LogP contribution < -0.4 is 0 Å². The lowest BCUT2D eigenvalue weighted by Crippen LogP contribution is -2.43. The number of rotatable bonds is 5. The molecule has 2 fully saturated rings. The Morgan fingerprint density at radius 3 is 2.53 bits per heavy atom. The third kappa shape index (κ3) is 3.45. The largest absolute Gasteiger partial charge is 0.479 e. The molecule has 1 amide bonds. The van der Waals surface area contributed by atoms with Crippen molar-refractivity contribution in [2.45, 2.75) is 50.9 Å². The lowest BCUT2D eigenvalue weighted by atomic mass is 10.1. The fraction of sp³-hybridized carbons (Fsp3) is 0.846. The summed E-state index contributed by atoms with van der Waals surface area (Å²) in [5.41, 5.74) is 0. The van der Waals surface area contributed by atoms with Gasteiger partial charge in [-0.05, 0) is 32.6 Å². The van der Waals surface area contributed by atoms with Gasteiger partial charge in [0.2, 0.25) is 0 Å². The van der Waals surface area contributed by atoms with Crippen LogP contribution in [-0.2, 0) is 19.1 Å². The minimum atomic E-state index is -0.988. The van der Waals surface area contributed by atoms with Gasteiger partial charge in [0.05, 0.1) is 6.10 Å². The average Bonchev–Trinajstić information content (AvgIpc) is 3.06. The van der Waals surface area contributed by atoms with Crippen molar-refractivity contribution in [3.63, 3.8) is 0 Å². The van der Waals surface area contributed by atoms with Gasteiger partial charge in [-0.3, -0.25) is 4.79 Å². The van der Waals surface area contributed by atoms with Crippen LogP contribution in [-0.4, -0.2) is 59.9 Å². The summed E-state index contributed by atoms with van der Waals surface area (Å²) in [6.07, 6.45) is 1.57. The summed E-state index contributed by atoms with van der Waals surface area (Å²) in [5, 5.41) is 8.87. The van der Waals surface area contributed by atoms with Crippen LogP contribution >= 0.6 is 0 Å². The first kappa shape index (κ1) is 14.3. The van der Waals surface area contributed by atoms with Crippen molar-refractivity contribution >= 4 is 11.9 Å². The van der Waals surface area contributed by atoms with E-state index in [-0.39, 0.29) is 12.0 Å². The van der Waals surface area contributed by atoms with Crippen molar-refractivity contribution in [3.05, 3.63) is 0 Å². The highest BCUT2D eigenvalue weighted by molar-refractivity contribution is 5.82. The molecule has 0 spiro atoms. The quantitative estimate of drug-likeness (QED) is 0.794. The number of ether oxygens (including phenoxy) is 2. The van der Waals surface area contributed by atoms with Crippen molar-refractivity contribution in [1.29, 1.82) is 0 Å². The first-order valence-corrected chi connectivity index (χ1v) is 6.90. The molecular formula is C13H21NO5. The molecule has 1 N–H and O–H groups in total. The Balaban J connectivity index is 1.87. The van der Waals surface area contributed by atoms with Crippen LogP contribution in [0, 0.1) is 0 Å². The van der Waals surface area contributed by atoms with Crippen LogP contribution in [0.4, 0.5) is 0 Å². The topological polar surface area (TPSA) is 76.1 Å². The normalized spacial score (nSPS) is 30.5. The van der Waals surface area contributed by atoms with Crippen molar-refractivity contribution in [3.8, 4) is 0 Å². The highest BCUT2D eigenvalue weighted by Crippen LogP contribution is 2.22. The zero-order chi connectivity index (χ0) is 13.8. The fourth-order valence-corrected chi connectivity index (χ4v) is 2.61. The van der Waals surface area contributed by atoms with E-state index in [1.807, 2.05) is 6.92 Å². The second-order valence-corrected chi connectivity index (χ2v) is 5.04. The maximum absolute atomic E-state index is 12.3. The van der Waals surface area contributed by atoms with Gasteiger partial charge < -0.3 is 19.5 Å². The van der Waals surface area contributed by atoms with Gasteiger partial charge in [-0.1, -0.05) is 0 Å². The number of nitrogens with zero attached hydrogens (tertiary/aromatic N) is 1. The van der Waals surface area contributed by atoms with Gasteiger partial charge in [0.25, 0.3) is 5.91 Å². The molecule has 2 rings (SSSR count). The summed E-state index contributed by atoms with van der Waals surface area (Å²) in [7, 11) is 0. The molecule has 6 heteroatoms. The average molecular weight is 271 g/mol. The predicted octanol–water partition coefficient (Wildman–Crippen LogP) is 0.646. The lowest BCUT2D eigenvalue weighted by Gasteiger charge is -2.26. The van der Waals surface area contributed by atoms with Crippen LogP contribution in [0.15, 0.2) is 0 Å². The number of aliphatic carboxylic acids is 1. The Hall–Kier alpha value is -1.14. The van der Waals surface area contributed by atoms with E-state index in [1.54, 1.807) is 4.90 Å². The second kappa shape index (κ2) is 6.34. The maximum Gasteiger partial charge on any atom is 0.332 e. The molecule has 0 aromatic rings. The van der Waals surface area contributed by atoms with E-state index in [2.05, 4.69) is 0 Å². The van der Waals surface area contributed by atoms with E-state index in [0.717, 1.165) is 19.4 Å². The maximum atomic E-state index is 12.3. The van der Waals surface area contributed by atoms with Crippen LogP contribution in [0.25, 0.3) is 0 Å². The molecule has 2 heterocycles. The zero-order valence-electron chi connectivity index (χ0n) is 11.2. The molecule has 6 nitrogen and oxygen atoms in total. The molecule has 0 aromatic heterocycles. The van der Waals surface area contributed by atoms with Gasteiger partial charge in [0.15, 0.2) is 6.10 Å². The van der Waals surface area contributed by atoms with E-state index < -0.39 is 18.2 Å². The third-order valence-electron chi connectivity index (χ3n) is 3.71. The summed E-state index contributed by atoms with van der Waals surface area (Å²) in [6.45, 7) is 3.84. The summed E-state index contributed by atoms with van der Waals surface area (Å²) in [4.78, 5) is 24.8. The molecule has 1 unspecified atom stereocenters. The Morgan fingerprint density at radius 1 is 1.26 bits per heavy atom. The van der Waals surface area contributed by atoms with E-state index in [9.17, 15) is 9.59 Å². The van der Waals surface area contributed by atoms with E-state index in [1.165, 1.54) is 0 Å². The zero-order valence-corrected chi connectivity index (χ0v) is 11.2. The monoisotopic (exact) mass is 271 g/mol. The molecule has 0 saturated carbocycles. The minimum absolute atomic E-state index is 0.109. The van der Waals surface area contributed by atoms with E-state index in [4.69, 9.17) is 14.6 Å². The number of hydrogen-bond donors (Lipinski definition) is 1. The van der Waals surface area contributed by atoms with Crippen molar-refractivity contribution in [2.75, 3.05) is 19.7 Å². The van der Waals surface area contributed by atoms with Crippen LogP contribution in [0.5, 0.6) is 0 Å². The van der Waals surface area contributed by atoms with E-state index >= 15 is 0 Å². The molecule has 108 valence electrons. The fourth-order valence-electron chi connectivity index (χ4n) is 2.61. The number of carboxylic acid groups (broad SMARTS) is 1. The van der Waals surface area contributed by atoms with Gasteiger partial charge in [0, 0.05) is 19.7 Å². The van der Waals surface area contributed by atoms with Crippen molar-refractivity contribution in [1.82, 2.24) is 4.90 Å². The van der Waals surface area contributed by atoms with Gasteiger partial charge in [0.1, 0.15) is 6.10 Å². The highest BCUT2D eigenvalue weighted by atomic mass is 16.5. The summed E-state index contributed by atoms with van der Waals surface area (Å²) in [5.74, 6) is -1.10. The van der Waals surface area contributed by atoms with Crippen molar-refractivity contribution in [2.24, 2.45) is 0 Å². The molecule has 2 aliphatic heterocycles. The number of amides is 1. The number of carboxylic acids is 1. The van der Waals surface area contributed by atoms with Crippen molar-refractivity contribution < 1.29 is 24.2 Å². The molecule has 19 heavy (non-hydrogen) atoms. The molecule has 2 saturated heterocycles. The summed E-state index contributed by atoms with van der Waals surface area (Å²) < 4.78 is 10.8. The lowest BCUT2D eigenvalue weighted by molar-refractivity contribution is -0.155. The number of carbonyl (C=O) groups is 2. The smallest absolute Gasteiger partial charge is 0.332 e. The first-order chi connectivity index (χ1) is 9.11. The Bertz CT molecular complexity index is 340. The molecular weight excluding hydrogens is 250 g/mol. The highest BCUT2D eigenvalue weighted by Gasteiger charge is 2.37. The standard InChI is InChI=1S/C13H21NO5/c1-2-14(8-9-4-3-7-18-9)12(15)10-5-6-11(19-10)13(16)17/h9-11H,2-8H2,1H3,(H,16,17)/t9?,10-,11+/m0/s1. The van der Waals surface area contributed by atoms with Crippen LogP contribution in [0.1, 0.15) is 32.6 Å². The third-order valence-corrected chi connectivity index (χ3v) is 3.71. The number of likely N-dealkylation sites (N-methyl/N-ethyl adjacent to an activating group) is 1. The second-order valence-electron chi connectivity index (χ2n) is 5.04. The Labute approximate surface area is 112 Å². The van der Waals surface area contributed by atoms with E-state index in [0.29, 0.717) is 25.9 Å². The van der Waals surface area contributed by atoms with Crippen LogP contribution in [0.2, 0.25) is 0 Å². The Morgan fingerprint density at radius 2 is 2.00 bits per heavy atom. The van der Waals surface area contributed by atoms with Gasteiger partial charge in [-0.25, -0.2) is 4.79 Å². The van der Waals surface area contributed by atoms with Gasteiger partial charge >= 0.3 is 5.97 Å². The first-order valence-electron chi connectivity index (χ1n) is 6.90. The van der Waals surface area contributed by atoms with Gasteiger partial charge in [-0.15, -0.1) is 0 Å². The van der Waals surface area contributed by atoms with Crippen LogP contribution in [0.3, 0.4) is 0 Å². The van der Waals surface area contributed by atoms with Gasteiger partial charge in [-0.2, -0.15) is 0 Å². The summed E-state index contributed by atoms with van der Waals surface area (Å²) >= 11 is 0. The SMILES string of the molecule is CCN(CC1CCCO1)C(=O)[C@@H]1CC[C@H](C(=O)O)O1. The predicted molar refractivity (Wildman–Crippen MR) is 66.8 cm³/mol. The molecule has 0 aliphatic carbocycles. The molecule has 2 aliphatic rings. The summed E-state index contributed by atoms with van der Waals surface area (Å²) in [6, 6.07) is 0. The molecule has 0 radical (unpaired) electrons.